The number of nitrogens with one attached hydrogen (secondary N) is 2. The second-order valence-corrected chi connectivity index (χ2v) is 20.6. The highest BCUT2D eigenvalue weighted by molar-refractivity contribution is 9.10. The Morgan fingerprint density at radius 3 is 1.57 bits per heavy atom. The quantitative estimate of drug-likeness (QED) is 0.120. The van der Waals surface area contributed by atoms with Gasteiger partial charge in [0.2, 0.25) is 0 Å². The van der Waals surface area contributed by atoms with Crippen molar-refractivity contribution in [1.82, 2.24) is 29.5 Å². The van der Waals surface area contributed by atoms with Crippen LogP contribution in [0.3, 0.4) is 0 Å². The van der Waals surface area contributed by atoms with E-state index in [-0.39, 0.29) is 10.5 Å². The predicted octanol–water partition coefficient (Wildman–Crippen LogP) is 11.1. The van der Waals surface area contributed by atoms with E-state index in [0.29, 0.717) is 12.1 Å². The van der Waals surface area contributed by atoms with E-state index >= 15 is 0 Å². The number of benzene rings is 2. The Hall–Kier alpha value is -5.02. The lowest BCUT2D eigenvalue weighted by molar-refractivity contribution is 0.143. The molecule has 0 spiro atoms. The molecule has 10 nitrogen and oxygen atoms in total. The fraction of sp³-hybridized carbons (Fsp3) is 0.385. The molecule has 65 heavy (non-hydrogen) atoms. The van der Waals surface area contributed by atoms with Gasteiger partial charge in [-0.25, -0.2) is 9.36 Å². The summed E-state index contributed by atoms with van der Waals surface area (Å²) < 4.78 is 5.26. The molecule has 2 aromatic carbocycles. The lowest BCUT2D eigenvalue weighted by Crippen LogP contribution is -2.19. The van der Waals surface area contributed by atoms with Crippen molar-refractivity contribution in [2.24, 2.45) is 0 Å². The van der Waals surface area contributed by atoms with Crippen LogP contribution in [-0.4, -0.2) is 74.5 Å². The molecule has 13 heteroatoms. The van der Waals surface area contributed by atoms with Crippen molar-refractivity contribution in [1.29, 1.82) is 0 Å². The van der Waals surface area contributed by atoms with Gasteiger partial charge in [0.05, 0.1) is 21.9 Å². The number of pyridine rings is 2. The fourth-order valence-corrected chi connectivity index (χ4v) is 10.8. The third-order valence-corrected chi connectivity index (χ3v) is 14.2. The Morgan fingerprint density at radius 1 is 0.723 bits per heavy atom. The first-order chi connectivity index (χ1) is 30.9. The van der Waals surface area contributed by atoms with E-state index in [4.69, 9.17) is 21.7 Å². The number of hydrogen-bond donors (Lipinski definition) is 4. The van der Waals surface area contributed by atoms with Crippen LogP contribution in [0.4, 0.5) is 11.6 Å². The number of nitrogens with zero attached hydrogens (tertiary/aromatic N) is 6. The second kappa shape index (κ2) is 21.5. The third kappa shape index (κ3) is 12.5. The highest BCUT2D eigenvalue weighted by Gasteiger charge is 2.34. The highest BCUT2D eigenvalue weighted by Crippen LogP contribution is 2.49. The van der Waals surface area contributed by atoms with Gasteiger partial charge in [0.25, 0.3) is 0 Å². The molecule has 0 saturated heterocycles. The number of terminal acetylenes is 1. The number of halogens is 1. The zero-order valence-corrected chi connectivity index (χ0v) is 42.3. The molecule has 6 heterocycles. The van der Waals surface area contributed by atoms with Gasteiger partial charge in [0, 0.05) is 70.2 Å². The Labute approximate surface area is 402 Å². The summed E-state index contributed by atoms with van der Waals surface area (Å²) in [7, 11) is 0. The van der Waals surface area contributed by atoms with E-state index in [2.05, 4.69) is 136 Å². The average Bonchev–Trinajstić information content (AvgIpc) is 3.69. The highest BCUT2D eigenvalue weighted by atomic mass is 79.9. The van der Waals surface area contributed by atoms with Gasteiger partial charge in [-0.1, -0.05) is 58.0 Å². The molecule has 4 unspecified atom stereocenters. The minimum Gasteiger partial charge on any atom is -0.378 e. The van der Waals surface area contributed by atoms with Gasteiger partial charge in [0.1, 0.15) is 34.2 Å². The summed E-state index contributed by atoms with van der Waals surface area (Å²) in [5.74, 6) is 12.4. The van der Waals surface area contributed by atoms with Crippen LogP contribution in [0.2, 0.25) is 0 Å². The molecule has 4 atom stereocenters. The van der Waals surface area contributed by atoms with Crippen molar-refractivity contribution < 1.29 is 10.2 Å². The van der Waals surface area contributed by atoms with Gasteiger partial charge in [-0.2, -0.15) is 10.2 Å². The second-order valence-electron chi connectivity index (χ2n) is 17.4. The summed E-state index contributed by atoms with van der Waals surface area (Å²) in [5, 5.41) is 36.2. The Bertz CT molecular complexity index is 2670. The largest absolute Gasteiger partial charge is 0.378 e. The maximum Gasteiger partial charge on any atom is 0.129 e. The number of fused-ring (bicyclic) bond motifs is 2. The van der Waals surface area contributed by atoms with E-state index in [0.717, 1.165) is 69.0 Å². The summed E-state index contributed by atoms with van der Waals surface area (Å²) in [6.07, 6.45) is 8.47. The zero-order valence-electron chi connectivity index (χ0n) is 39.1. The molecule has 6 aromatic rings. The van der Waals surface area contributed by atoms with Crippen LogP contribution in [0.5, 0.6) is 0 Å². The Balaban J connectivity index is 0.000000193. The summed E-state index contributed by atoms with van der Waals surface area (Å²) in [6, 6.07) is 25.6. The molecule has 0 radical (unpaired) electrons. The molecule has 0 bridgehead atoms. The van der Waals surface area contributed by atoms with Crippen LogP contribution in [0.25, 0.3) is 22.8 Å². The summed E-state index contributed by atoms with van der Waals surface area (Å²) in [6.45, 7) is 21.2. The van der Waals surface area contributed by atoms with Crippen molar-refractivity contribution in [3.05, 3.63) is 129 Å². The van der Waals surface area contributed by atoms with E-state index in [1.165, 1.54) is 33.4 Å². The van der Waals surface area contributed by atoms with Crippen LogP contribution < -0.4 is 10.6 Å². The lowest BCUT2D eigenvalue weighted by atomic mass is 9.96. The lowest BCUT2D eigenvalue weighted by Gasteiger charge is -2.19. The van der Waals surface area contributed by atoms with Gasteiger partial charge in [-0.15, -0.1) is 29.9 Å². The molecule has 340 valence electrons. The topological polar surface area (TPSA) is 126 Å². The molecular weight excluding hydrogens is 913 g/mol. The number of hydrogen-bond acceptors (Lipinski definition) is 10. The maximum absolute atomic E-state index is 9.94. The minimum atomic E-state index is -1.01. The van der Waals surface area contributed by atoms with Crippen molar-refractivity contribution in [3.63, 3.8) is 0 Å². The van der Waals surface area contributed by atoms with Crippen LogP contribution in [0.1, 0.15) is 105 Å². The number of aromatic nitrogens is 6. The van der Waals surface area contributed by atoms with Crippen molar-refractivity contribution >= 4 is 51.1 Å². The first kappa shape index (κ1) is 49.4. The smallest absolute Gasteiger partial charge is 0.129 e. The third-order valence-electron chi connectivity index (χ3n) is 10.6. The van der Waals surface area contributed by atoms with Gasteiger partial charge in [0.15, 0.2) is 0 Å². The fourth-order valence-electron chi connectivity index (χ4n) is 7.49. The molecular formula is C52H61BrN8O2S2. The molecule has 2 aliphatic heterocycles. The van der Waals surface area contributed by atoms with Crippen LogP contribution in [-0.2, 0) is 13.1 Å². The number of anilines is 2. The number of aryl methyl sites for hydroxylation is 4. The molecule has 0 amide bonds. The summed E-state index contributed by atoms with van der Waals surface area (Å²) >= 11 is 7.52. The SMILES string of the molecule is C#CC(C)(C)O.CCn1nc(-c2ccccn2)c2c1NC(C)CSC2c1ccc(Br)cc1C.CCn1nc(-c2ccccn2)c2c1NC(C)CSC2c1ccc(C#CC(C)(C)O)cc1C. The van der Waals surface area contributed by atoms with Gasteiger partial charge >= 0.3 is 0 Å². The number of thioether (sulfide) groups is 2. The first-order valence-corrected chi connectivity index (χ1v) is 24.9. The van der Waals surface area contributed by atoms with E-state index < -0.39 is 11.2 Å². The van der Waals surface area contributed by atoms with Crippen molar-refractivity contribution in [2.75, 3.05) is 22.1 Å². The number of rotatable bonds is 6. The molecule has 8 rings (SSSR count). The molecule has 4 N–H and O–H groups in total. The van der Waals surface area contributed by atoms with Crippen molar-refractivity contribution in [3.8, 4) is 47.0 Å². The van der Waals surface area contributed by atoms with Gasteiger partial charge < -0.3 is 20.8 Å². The molecule has 0 saturated carbocycles. The number of aliphatic hydroxyl groups is 2. The van der Waals surface area contributed by atoms with E-state index in [1.54, 1.807) is 27.7 Å². The standard InChI is InChI=1S/C26H30N4OS.C21H23BrN4S.C5H8O/c1-6-30-25-22(23(29-30)21-9-7-8-14-27-21)24(32-16-18(3)28-25)20-11-10-19(15-17(20)2)12-13-26(4,5)31;1-4-26-21-18(19(25-26)17-7-5-6-10-23-17)20(27-12-14(3)24-21)16-9-8-15(22)11-13(16)2;1-4-5(2,3)6/h7-11,14-15,18,24,28,31H,6,16H2,1-5H3;5-11,14,20,24H,4,12H2,1-3H3;1,6H,2-3H3. The van der Waals surface area contributed by atoms with E-state index in [1.807, 2.05) is 78.4 Å². The predicted molar refractivity (Wildman–Crippen MR) is 275 cm³/mol. The van der Waals surface area contributed by atoms with E-state index in [9.17, 15) is 5.11 Å². The molecule has 0 aliphatic carbocycles. The summed E-state index contributed by atoms with van der Waals surface area (Å²) in [5.41, 5.74) is 10.2. The van der Waals surface area contributed by atoms with Crippen molar-refractivity contribution in [2.45, 2.75) is 116 Å². The molecule has 4 aromatic heterocycles. The Kier molecular flexibility index (Phi) is 16.4. The maximum atomic E-state index is 9.94. The van der Waals surface area contributed by atoms with Crippen LogP contribution in [0, 0.1) is 38.0 Å². The first-order valence-electron chi connectivity index (χ1n) is 22.0. The average molecular weight is 974 g/mol. The molecule has 2 aliphatic rings. The van der Waals surface area contributed by atoms with Gasteiger partial charge in [-0.05, 0) is 140 Å². The minimum absolute atomic E-state index is 0.135. The monoisotopic (exact) mass is 972 g/mol. The Morgan fingerprint density at radius 2 is 1.18 bits per heavy atom. The van der Waals surface area contributed by atoms with Crippen LogP contribution >= 0.6 is 39.5 Å². The zero-order chi connectivity index (χ0) is 47.1. The van der Waals surface area contributed by atoms with Crippen LogP contribution in [0.15, 0.2) is 89.7 Å². The molecule has 0 fully saturated rings. The summed E-state index contributed by atoms with van der Waals surface area (Å²) in [4.78, 5) is 9.21. The van der Waals surface area contributed by atoms with Gasteiger partial charge in [-0.3, -0.25) is 9.97 Å². The normalized spacial score (nSPS) is 17.9.